The van der Waals surface area contributed by atoms with Crippen molar-refractivity contribution in [1.29, 1.82) is 0 Å². The van der Waals surface area contributed by atoms with E-state index >= 15 is 0 Å². The molecule has 0 bridgehead atoms. The van der Waals surface area contributed by atoms with Gasteiger partial charge in [0.15, 0.2) is 0 Å². The molecule has 0 saturated heterocycles. The van der Waals surface area contributed by atoms with E-state index in [4.69, 9.17) is 14.7 Å². The van der Waals surface area contributed by atoms with Crippen molar-refractivity contribution in [2.45, 2.75) is 32.5 Å². The van der Waals surface area contributed by atoms with Gasteiger partial charge in [0.2, 0.25) is 0 Å². The van der Waals surface area contributed by atoms with Gasteiger partial charge in [-0.3, -0.25) is 0 Å². The highest BCUT2D eigenvalue weighted by Crippen LogP contribution is 2.32. The average molecular weight is 488 g/mol. The Morgan fingerprint density at radius 3 is 1.74 bits per heavy atom. The molecule has 0 amide bonds. The maximum Gasteiger partial charge on any atom is 0.119 e. The molecule has 0 spiro atoms. The van der Waals surface area contributed by atoms with E-state index in [1.807, 2.05) is 54.6 Å². The van der Waals surface area contributed by atoms with Gasteiger partial charge in [-0.25, -0.2) is 0 Å². The van der Waals surface area contributed by atoms with E-state index in [9.17, 15) is 0 Å². The van der Waals surface area contributed by atoms with Gasteiger partial charge in [-0.2, -0.15) is 0 Å². The molecule has 180 valence electrons. The van der Waals surface area contributed by atoms with Gasteiger partial charge in [0, 0.05) is 5.41 Å². The summed E-state index contributed by atoms with van der Waals surface area (Å²) in [4.78, 5) is 0. The lowest BCUT2D eigenvalue weighted by molar-refractivity contribution is 0.300. The molecule has 0 aliphatic carbocycles. The van der Waals surface area contributed by atoms with E-state index in [0.717, 1.165) is 28.2 Å². The first-order valence-electron chi connectivity index (χ1n) is 11.3. The largest absolute Gasteiger partial charge is 0.489 e. The summed E-state index contributed by atoms with van der Waals surface area (Å²) in [5.74, 6) is 1.61. The van der Waals surface area contributed by atoms with Crippen molar-refractivity contribution in [2.75, 3.05) is 0 Å². The predicted octanol–water partition coefficient (Wildman–Crippen LogP) is 7.40. The van der Waals surface area contributed by atoms with Crippen LogP contribution in [0.4, 0.5) is 0 Å². The Balaban J connectivity index is 0.00000342. The number of oxime groups is 1. The molecule has 0 radical (unpaired) electrons. The zero-order chi connectivity index (χ0) is 23.8. The first-order valence-corrected chi connectivity index (χ1v) is 11.3. The van der Waals surface area contributed by atoms with E-state index in [0.29, 0.717) is 13.2 Å². The fraction of sp³-hybridized carbons (Fsp3) is 0.167. The Hall–Kier alpha value is -3.76. The molecular weight excluding hydrogens is 458 g/mol. The fourth-order valence-corrected chi connectivity index (χ4v) is 3.85. The monoisotopic (exact) mass is 487 g/mol. The lowest BCUT2D eigenvalue weighted by Gasteiger charge is -2.26. The quantitative estimate of drug-likeness (QED) is 0.152. The Bertz CT molecular complexity index is 1220. The number of hydrogen-bond donors (Lipinski definition) is 1. The van der Waals surface area contributed by atoms with Crippen LogP contribution in [0.3, 0.4) is 0 Å². The molecule has 4 aromatic carbocycles. The second-order valence-electron chi connectivity index (χ2n) is 8.73. The van der Waals surface area contributed by atoms with E-state index in [1.165, 1.54) is 17.3 Å². The topological polar surface area (TPSA) is 51.0 Å². The molecule has 4 rings (SSSR count). The Labute approximate surface area is 213 Å². The van der Waals surface area contributed by atoms with Crippen LogP contribution in [0, 0.1) is 0 Å². The molecule has 0 aliphatic rings. The lowest BCUT2D eigenvalue weighted by atomic mass is 9.78. The summed E-state index contributed by atoms with van der Waals surface area (Å²) in [6.45, 7) is 5.43. The summed E-state index contributed by atoms with van der Waals surface area (Å²) in [5, 5.41) is 11.6. The summed E-state index contributed by atoms with van der Waals surface area (Å²) in [5.41, 5.74) is 5.44. The van der Waals surface area contributed by atoms with Crippen LogP contribution in [0.25, 0.3) is 0 Å². The van der Waals surface area contributed by atoms with Crippen LogP contribution >= 0.6 is 12.4 Å². The zero-order valence-corrected chi connectivity index (χ0v) is 20.7. The van der Waals surface area contributed by atoms with Crippen molar-refractivity contribution < 1.29 is 14.7 Å². The van der Waals surface area contributed by atoms with Gasteiger partial charge in [-0.1, -0.05) is 79.7 Å². The molecule has 0 fully saturated rings. The third-order valence-corrected chi connectivity index (χ3v) is 5.96. The summed E-state index contributed by atoms with van der Waals surface area (Å²) in [6, 6.07) is 34.5. The van der Waals surface area contributed by atoms with Crippen molar-refractivity contribution in [1.82, 2.24) is 0 Å². The number of rotatable bonds is 9. The van der Waals surface area contributed by atoms with Gasteiger partial charge < -0.3 is 14.7 Å². The average Bonchev–Trinajstić information content (AvgIpc) is 2.88. The second-order valence-corrected chi connectivity index (χ2v) is 8.73. The SMILES string of the molecule is CC(C)(c1ccccc1)c1ccc(OCc2cccc(COc3ccc(C=NO)cc3)c2)cc1.Cl. The summed E-state index contributed by atoms with van der Waals surface area (Å²) in [6.07, 6.45) is 1.38. The highest BCUT2D eigenvalue weighted by molar-refractivity contribution is 5.85. The lowest BCUT2D eigenvalue weighted by Crippen LogP contribution is -2.18. The number of benzene rings is 4. The van der Waals surface area contributed by atoms with Crippen molar-refractivity contribution in [3.63, 3.8) is 0 Å². The molecule has 5 heteroatoms. The highest BCUT2D eigenvalue weighted by Gasteiger charge is 2.22. The number of ether oxygens (including phenoxy) is 2. The molecule has 0 saturated carbocycles. The van der Waals surface area contributed by atoms with Crippen molar-refractivity contribution >= 4 is 18.6 Å². The maximum atomic E-state index is 8.60. The minimum atomic E-state index is -0.0686. The summed E-state index contributed by atoms with van der Waals surface area (Å²) < 4.78 is 11.9. The van der Waals surface area contributed by atoms with Crippen LogP contribution in [0.15, 0.2) is 108 Å². The summed E-state index contributed by atoms with van der Waals surface area (Å²) >= 11 is 0. The van der Waals surface area contributed by atoms with E-state index in [1.54, 1.807) is 0 Å². The van der Waals surface area contributed by atoms with Crippen molar-refractivity contribution in [3.8, 4) is 11.5 Å². The van der Waals surface area contributed by atoms with Gasteiger partial charge >= 0.3 is 0 Å². The van der Waals surface area contributed by atoms with Crippen LogP contribution in [-0.2, 0) is 18.6 Å². The molecule has 4 aromatic rings. The first kappa shape index (κ1) is 25.9. The zero-order valence-electron chi connectivity index (χ0n) is 19.9. The molecule has 35 heavy (non-hydrogen) atoms. The molecule has 1 N–H and O–H groups in total. The predicted molar refractivity (Wildman–Crippen MR) is 143 cm³/mol. The van der Waals surface area contributed by atoms with Gasteiger partial charge in [0.25, 0.3) is 0 Å². The highest BCUT2D eigenvalue weighted by atomic mass is 35.5. The van der Waals surface area contributed by atoms with Gasteiger partial charge in [0.05, 0.1) is 6.21 Å². The minimum Gasteiger partial charge on any atom is -0.489 e. The minimum absolute atomic E-state index is 0. The van der Waals surface area contributed by atoms with Crippen LogP contribution in [0.5, 0.6) is 11.5 Å². The fourth-order valence-electron chi connectivity index (χ4n) is 3.85. The van der Waals surface area contributed by atoms with Crippen molar-refractivity contribution in [2.24, 2.45) is 5.16 Å². The molecular formula is C30H30ClNO3. The van der Waals surface area contributed by atoms with Crippen LogP contribution in [-0.4, -0.2) is 11.4 Å². The maximum absolute atomic E-state index is 8.60. The molecule has 0 aliphatic heterocycles. The third-order valence-electron chi connectivity index (χ3n) is 5.96. The standard InChI is InChI=1S/C30H29NO3.ClH/c1-30(2,26-9-4-3-5-10-26)27-13-17-29(18-14-27)34-22-25-8-6-7-24(19-25)21-33-28-15-11-23(12-16-28)20-31-32;/h3-20,32H,21-22H2,1-2H3;1H. The number of nitrogens with zero attached hydrogens (tertiary/aromatic N) is 1. The molecule has 0 heterocycles. The third kappa shape index (κ3) is 6.87. The Morgan fingerprint density at radius 2 is 1.20 bits per heavy atom. The Morgan fingerprint density at radius 1 is 0.686 bits per heavy atom. The molecule has 0 unspecified atom stereocenters. The summed E-state index contributed by atoms with van der Waals surface area (Å²) in [7, 11) is 0. The number of halogens is 1. The molecule has 4 nitrogen and oxygen atoms in total. The van der Waals surface area contributed by atoms with Gasteiger partial charge in [-0.15, -0.1) is 12.4 Å². The second kappa shape index (κ2) is 12.1. The van der Waals surface area contributed by atoms with Crippen LogP contribution < -0.4 is 9.47 Å². The Kier molecular flexibility index (Phi) is 8.93. The molecule has 0 atom stereocenters. The van der Waals surface area contributed by atoms with E-state index in [-0.39, 0.29) is 17.8 Å². The molecule has 0 aromatic heterocycles. The first-order chi connectivity index (χ1) is 16.5. The number of hydrogen-bond acceptors (Lipinski definition) is 4. The van der Waals surface area contributed by atoms with Crippen LogP contribution in [0.2, 0.25) is 0 Å². The van der Waals surface area contributed by atoms with Gasteiger partial charge in [0.1, 0.15) is 24.7 Å². The normalized spacial score (nSPS) is 11.1. The smallest absolute Gasteiger partial charge is 0.119 e. The van der Waals surface area contributed by atoms with Crippen molar-refractivity contribution in [3.05, 3.63) is 131 Å². The van der Waals surface area contributed by atoms with E-state index < -0.39 is 0 Å². The van der Waals surface area contributed by atoms with Crippen LogP contribution in [0.1, 0.15) is 41.7 Å². The van der Waals surface area contributed by atoms with Gasteiger partial charge in [-0.05, 0) is 70.3 Å². The van der Waals surface area contributed by atoms with E-state index in [2.05, 4.69) is 67.5 Å².